The summed E-state index contributed by atoms with van der Waals surface area (Å²) in [7, 11) is 1.71. The van der Waals surface area contributed by atoms with Gasteiger partial charge in [-0.2, -0.15) is 0 Å². The molecule has 1 heterocycles. The molecule has 24 heavy (non-hydrogen) atoms. The molecule has 0 amide bonds. The number of halogens is 2. The zero-order valence-electron chi connectivity index (χ0n) is 13.6. The summed E-state index contributed by atoms with van der Waals surface area (Å²) in [6.07, 6.45) is 1.56. The van der Waals surface area contributed by atoms with Gasteiger partial charge in [0.25, 0.3) is 0 Å². The molecule has 1 fully saturated rings. The Morgan fingerprint density at radius 1 is 1.17 bits per heavy atom. The summed E-state index contributed by atoms with van der Waals surface area (Å²) in [5, 5.41) is 0. The van der Waals surface area contributed by atoms with Crippen molar-refractivity contribution in [3.63, 3.8) is 0 Å². The normalized spacial score (nSPS) is 17.0. The van der Waals surface area contributed by atoms with Crippen LogP contribution in [0.25, 0.3) is 0 Å². The van der Waals surface area contributed by atoms with E-state index in [0.29, 0.717) is 24.0 Å². The van der Waals surface area contributed by atoms with E-state index in [1.165, 1.54) is 17.8 Å². The highest BCUT2D eigenvalue weighted by molar-refractivity contribution is 7.99. The first-order valence-electron chi connectivity index (χ1n) is 7.92. The van der Waals surface area contributed by atoms with Gasteiger partial charge in [0.05, 0.1) is 5.60 Å². The van der Waals surface area contributed by atoms with E-state index >= 15 is 0 Å². The summed E-state index contributed by atoms with van der Waals surface area (Å²) in [5.41, 5.74) is 1.68. The maximum absolute atomic E-state index is 14.3. The number of hydrogen-bond donors (Lipinski definition) is 0. The Kier molecular flexibility index (Phi) is 5.82. The molecule has 0 unspecified atom stereocenters. The minimum atomic E-state index is -0.385. The molecule has 0 saturated carbocycles. The van der Waals surface area contributed by atoms with Crippen molar-refractivity contribution < 1.29 is 13.9 Å². The second-order valence-corrected chi connectivity index (χ2v) is 7.22. The third kappa shape index (κ3) is 3.77. The van der Waals surface area contributed by atoms with Crippen LogP contribution in [0.4, 0.5) is 4.39 Å². The average Bonchev–Trinajstić information content (AvgIpc) is 2.64. The summed E-state index contributed by atoms with van der Waals surface area (Å²) in [4.78, 5) is 1.59. The van der Waals surface area contributed by atoms with Gasteiger partial charge in [-0.15, -0.1) is 11.6 Å². The van der Waals surface area contributed by atoms with E-state index in [-0.39, 0.29) is 11.4 Å². The lowest BCUT2D eigenvalue weighted by Crippen LogP contribution is -2.35. The molecule has 0 radical (unpaired) electrons. The van der Waals surface area contributed by atoms with Crippen LogP contribution < -0.4 is 0 Å². The molecule has 0 spiro atoms. The lowest BCUT2D eigenvalue weighted by atomic mass is 9.86. The van der Waals surface area contributed by atoms with E-state index in [4.69, 9.17) is 21.1 Å². The molecule has 1 aliphatic heterocycles. The van der Waals surface area contributed by atoms with Gasteiger partial charge >= 0.3 is 0 Å². The van der Waals surface area contributed by atoms with Crippen molar-refractivity contribution in [1.29, 1.82) is 0 Å². The molecule has 0 bridgehead atoms. The van der Waals surface area contributed by atoms with Crippen molar-refractivity contribution in [2.24, 2.45) is 0 Å². The Morgan fingerprint density at radius 3 is 2.50 bits per heavy atom. The molecular weight excluding hydrogens is 347 g/mol. The molecule has 0 atom stereocenters. The van der Waals surface area contributed by atoms with Gasteiger partial charge in [0.2, 0.25) is 0 Å². The Morgan fingerprint density at radius 2 is 1.88 bits per heavy atom. The second-order valence-electron chi connectivity index (χ2n) is 5.84. The second kappa shape index (κ2) is 7.87. The first kappa shape index (κ1) is 17.7. The van der Waals surface area contributed by atoms with Gasteiger partial charge in [-0.25, -0.2) is 4.39 Å². The van der Waals surface area contributed by atoms with Crippen LogP contribution in [-0.4, -0.2) is 20.3 Å². The van der Waals surface area contributed by atoms with Gasteiger partial charge in [-0.1, -0.05) is 30.0 Å². The fourth-order valence-corrected chi connectivity index (χ4v) is 4.01. The average molecular weight is 367 g/mol. The number of alkyl halides is 1. The number of rotatable bonds is 5. The summed E-state index contributed by atoms with van der Waals surface area (Å²) >= 11 is 7.23. The minimum absolute atomic E-state index is 0.219. The maximum Gasteiger partial charge on any atom is 0.137 e. The van der Waals surface area contributed by atoms with E-state index in [0.717, 1.165) is 28.9 Å². The standard InChI is InChI=1S/C19H20ClFO2S/c1-22-19(8-10-23-11-9-19)15-4-7-17(21)18(12-15)24-16-5-2-14(13-20)3-6-16/h2-7,12H,8-11,13H2,1H3. The molecular formula is C19H20ClFO2S. The molecule has 1 aliphatic rings. The van der Waals surface area contributed by atoms with Crippen LogP contribution in [-0.2, 0) is 21.0 Å². The fourth-order valence-electron chi connectivity index (χ4n) is 2.95. The highest BCUT2D eigenvalue weighted by atomic mass is 35.5. The molecule has 0 N–H and O–H groups in total. The summed E-state index contributed by atoms with van der Waals surface area (Å²) in [6, 6.07) is 13.1. The highest BCUT2D eigenvalue weighted by Gasteiger charge is 2.34. The fraction of sp³-hybridized carbons (Fsp3) is 0.368. The summed E-state index contributed by atoms with van der Waals surface area (Å²) in [5.74, 6) is 0.260. The molecule has 2 aromatic rings. The van der Waals surface area contributed by atoms with Crippen molar-refractivity contribution in [3.05, 3.63) is 59.4 Å². The zero-order chi connectivity index (χ0) is 17.0. The summed E-state index contributed by atoms with van der Waals surface area (Å²) < 4.78 is 25.6. The quantitative estimate of drug-likeness (QED) is 0.663. The zero-order valence-corrected chi connectivity index (χ0v) is 15.1. The largest absolute Gasteiger partial charge is 0.381 e. The van der Waals surface area contributed by atoms with E-state index in [2.05, 4.69) is 0 Å². The minimum Gasteiger partial charge on any atom is -0.381 e. The number of methoxy groups -OCH3 is 1. The topological polar surface area (TPSA) is 18.5 Å². The molecule has 0 aliphatic carbocycles. The van der Waals surface area contributed by atoms with Crippen LogP contribution in [0, 0.1) is 5.82 Å². The number of benzene rings is 2. The first-order chi connectivity index (χ1) is 11.7. The smallest absolute Gasteiger partial charge is 0.137 e. The predicted molar refractivity (Wildman–Crippen MR) is 95.3 cm³/mol. The van der Waals surface area contributed by atoms with Crippen LogP contribution in [0.2, 0.25) is 0 Å². The van der Waals surface area contributed by atoms with Crippen LogP contribution in [0.1, 0.15) is 24.0 Å². The van der Waals surface area contributed by atoms with Gasteiger partial charge in [-0.05, 0) is 35.4 Å². The van der Waals surface area contributed by atoms with Gasteiger partial charge in [-0.3, -0.25) is 0 Å². The molecule has 5 heteroatoms. The third-order valence-electron chi connectivity index (χ3n) is 4.45. The maximum atomic E-state index is 14.3. The summed E-state index contributed by atoms with van der Waals surface area (Å²) in [6.45, 7) is 1.32. The van der Waals surface area contributed by atoms with Gasteiger partial charge in [0, 0.05) is 48.8 Å². The van der Waals surface area contributed by atoms with Crippen molar-refractivity contribution in [2.75, 3.05) is 20.3 Å². The predicted octanol–water partition coefficient (Wildman–Crippen LogP) is 5.37. The van der Waals surface area contributed by atoms with E-state index in [9.17, 15) is 4.39 Å². The third-order valence-corrected chi connectivity index (χ3v) is 5.80. The van der Waals surface area contributed by atoms with Crippen molar-refractivity contribution in [1.82, 2.24) is 0 Å². The molecule has 3 rings (SSSR count). The molecule has 128 valence electrons. The van der Waals surface area contributed by atoms with Crippen molar-refractivity contribution in [3.8, 4) is 0 Å². The lowest BCUT2D eigenvalue weighted by Gasteiger charge is -2.36. The van der Waals surface area contributed by atoms with Crippen molar-refractivity contribution in [2.45, 2.75) is 34.1 Å². The number of ether oxygens (including phenoxy) is 2. The van der Waals surface area contributed by atoms with E-state index < -0.39 is 0 Å². The van der Waals surface area contributed by atoms with E-state index in [1.54, 1.807) is 7.11 Å². The number of hydrogen-bond acceptors (Lipinski definition) is 3. The monoisotopic (exact) mass is 366 g/mol. The van der Waals surface area contributed by atoms with Gasteiger partial charge < -0.3 is 9.47 Å². The van der Waals surface area contributed by atoms with Gasteiger partial charge in [0.15, 0.2) is 0 Å². The Hall–Kier alpha value is -1.07. The molecule has 1 saturated heterocycles. The lowest BCUT2D eigenvalue weighted by molar-refractivity contribution is -0.0949. The molecule has 2 aromatic carbocycles. The Balaban J connectivity index is 1.87. The van der Waals surface area contributed by atoms with Crippen LogP contribution >= 0.6 is 23.4 Å². The molecule has 2 nitrogen and oxygen atoms in total. The van der Waals surface area contributed by atoms with Gasteiger partial charge in [0.1, 0.15) is 5.82 Å². The first-order valence-corrected chi connectivity index (χ1v) is 9.28. The Bertz CT molecular complexity index is 684. The molecule has 0 aromatic heterocycles. The highest BCUT2D eigenvalue weighted by Crippen LogP contribution is 2.39. The van der Waals surface area contributed by atoms with Crippen LogP contribution in [0.15, 0.2) is 52.3 Å². The SMILES string of the molecule is COC1(c2ccc(F)c(Sc3ccc(CCl)cc3)c2)CCOCC1. The van der Waals surface area contributed by atoms with Crippen LogP contribution in [0.3, 0.4) is 0 Å². The van der Waals surface area contributed by atoms with Crippen LogP contribution in [0.5, 0.6) is 0 Å². The van der Waals surface area contributed by atoms with Crippen molar-refractivity contribution >= 4 is 23.4 Å². The Labute approximate surface area is 151 Å². The van der Waals surface area contributed by atoms with E-state index in [1.807, 2.05) is 36.4 Å².